The van der Waals surface area contributed by atoms with Gasteiger partial charge in [0.25, 0.3) is 0 Å². The lowest BCUT2D eigenvalue weighted by molar-refractivity contribution is -0.146. The Morgan fingerprint density at radius 1 is 1.40 bits per heavy atom. The van der Waals surface area contributed by atoms with Crippen molar-refractivity contribution in [3.8, 4) is 0 Å². The third-order valence-corrected chi connectivity index (χ3v) is 3.69. The molecule has 0 spiro atoms. The summed E-state index contributed by atoms with van der Waals surface area (Å²) in [5.74, 6) is -0.825. The summed E-state index contributed by atoms with van der Waals surface area (Å²) in [5, 5.41) is 2.53. The van der Waals surface area contributed by atoms with Crippen molar-refractivity contribution in [1.82, 2.24) is 10.2 Å². The molecule has 0 radical (unpaired) electrons. The van der Waals surface area contributed by atoms with Crippen LogP contribution in [0.5, 0.6) is 0 Å². The normalized spacial score (nSPS) is 20.0. The number of hydrogen-bond acceptors (Lipinski definition) is 4. The maximum Gasteiger partial charge on any atom is 0.330 e. The molecule has 1 rings (SSSR count). The molecule has 1 fully saturated rings. The van der Waals surface area contributed by atoms with E-state index in [1.54, 1.807) is 4.90 Å². The van der Waals surface area contributed by atoms with E-state index in [4.69, 9.17) is 0 Å². The highest BCUT2D eigenvalue weighted by Gasteiger charge is 2.31. The summed E-state index contributed by atoms with van der Waals surface area (Å²) >= 11 is 0. The Morgan fingerprint density at radius 3 is 2.60 bits per heavy atom. The molecule has 1 N–H and O–H groups in total. The zero-order valence-electron chi connectivity index (χ0n) is 12.7. The lowest BCUT2D eigenvalue weighted by Gasteiger charge is -2.26. The standard InChI is InChI=1S/C14H24N2O4/c1-10(17)15-11(13(19)20-4)9-16-8-7-14(2,3)6-5-12(16)18/h11H,5-9H2,1-4H3,(H,15,17). The van der Waals surface area contributed by atoms with Gasteiger partial charge in [-0.25, -0.2) is 4.79 Å². The monoisotopic (exact) mass is 284 g/mol. The molecule has 0 aliphatic carbocycles. The summed E-state index contributed by atoms with van der Waals surface area (Å²) in [7, 11) is 1.27. The third kappa shape index (κ3) is 4.83. The Labute approximate surface area is 119 Å². The van der Waals surface area contributed by atoms with Gasteiger partial charge in [0.05, 0.1) is 13.7 Å². The van der Waals surface area contributed by atoms with E-state index in [1.165, 1.54) is 14.0 Å². The number of rotatable bonds is 4. The molecule has 2 amide bonds. The smallest absolute Gasteiger partial charge is 0.330 e. The topological polar surface area (TPSA) is 75.7 Å². The molecule has 0 aromatic carbocycles. The number of hydrogen-bond donors (Lipinski definition) is 1. The second-order valence-electron chi connectivity index (χ2n) is 6.03. The molecule has 0 bridgehead atoms. The maximum atomic E-state index is 12.1. The van der Waals surface area contributed by atoms with Crippen molar-refractivity contribution in [3.05, 3.63) is 0 Å². The molecule has 1 aliphatic rings. The minimum absolute atomic E-state index is 0.0230. The maximum absolute atomic E-state index is 12.1. The first-order chi connectivity index (χ1) is 9.25. The second-order valence-corrected chi connectivity index (χ2v) is 6.03. The lowest BCUT2D eigenvalue weighted by Crippen LogP contribution is -2.49. The van der Waals surface area contributed by atoms with Gasteiger partial charge < -0.3 is 15.0 Å². The summed E-state index contributed by atoms with van der Waals surface area (Å²) in [6.07, 6.45) is 2.19. The van der Waals surface area contributed by atoms with Crippen LogP contribution in [0, 0.1) is 5.41 Å². The molecule has 1 atom stereocenters. The van der Waals surface area contributed by atoms with E-state index < -0.39 is 12.0 Å². The molecule has 1 heterocycles. The van der Waals surface area contributed by atoms with E-state index in [1.807, 2.05) is 0 Å². The number of nitrogens with one attached hydrogen (secondary N) is 1. The quantitative estimate of drug-likeness (QED) is 0.771. The van der Waals surface area contributed by atoms with Gasteiger partial charge in [-0.05, 0) is 18.3 Å². The number of likely N-dealkylation sites (tertiary alicyclic amines) is 1. The number of methoxy groups -OCH3 is 1. The molecule has 0 saturated carbocycles. The molecule has 114 valence electrons. The zero-order chi connectivity index (χ0) is 15.3. The van der Waals surface area contributed by atoms with Crippen molar-refractivity contribution < 1.29 is 19.1 Å². The van der Waals surface area contributed by atoms with Crippen molar-refractivity contribution in [1.29, 1.82) is 0 Å². The minimum Gasteiger partial charge on any atom is -0.467 e. The molecule has 0 aromatic rings. The van der Waals surface area contributed by atoms with E-state index in [2.05, 4.69) is 23.9 Å². The van der Waals surface area contributed by atoms with Crippen molar-refractivity contribution in [2.24, 2.45) is 5.41 Å². The predicted molar refractivity (Wildman–Crippen MR) is 73.8 cm³/mol. The van der Waals surface area contributed by atoms with Crippen LogP contribution in [0.2, 0.25) is 0 Å². The fraction of sp³-hybridized carbons (Fsp3) is 0.786. The second kappa shape index (κ2) is 6.72. The van der Waals surface area contributed by atoms with E-state index >= 15 is 0 Å². The van der Waals surface area contributed by atoms with Gasteiger partial charge in [-0.15, -0.1) is 0 Å². The van der Waals surface area contributed by atoms with Gasteiger partial charge in [-0.3, -0.25) is 9.59 Å². The number of amides is 2. The summed E-state index contributed by atoms with van der Waals surface area (Å²) < 4.78 is 4.67. The molecular weight excluding hydrogens is 260 g/mol. The molecular formula is C14H24N2O4. The van der Waals surface area contributed by atoms with E-state index in [-0.39, 0.29) is 23.8 Å². The largest absolute Gasteiger partial charge is 0.467 e. The van der Waals surface area contributed by atoms with E-state index in [0.717, 1.165) is 12.8 Å². The highest BCUT2D eigenvalue weighted by Crippen LogP contribution is 2.30. The van der Waals surface area contributed by atoms with Crippen LogP contribution < -0.4 is 5.32 Å². The third-order valence-electron chi connectivity index (χ3n) is 3.69. The van der Waals surface area contributed by atoms with Crippen molar-refractivity contribution >= 4 is 17.8 Å². The number of esters is 1. The first-order valence-electron chi connectivity index (χ1n) is 6.88. The Morgan fingerprint density at radius 2 is 2.05 bits per heavy atom. The highest BCUT2D eigenvalue weighted by atomic mass is 16.5. The van der Waals surface area contributed by atoms with Crippen LogP contribution >= 0.6 is 0 Å². The first kappa shape index (κ1) is 16.5. The van der Waals surface area contributed by atoms with Crippen LogP contribution in [0.1, 0.15) is 40.0 Å². The molecule has 6 nitrogen and oxygen atoms in total. The molecule has 6 heteroatoms. The Hall–Kier alpha value is -1.59. The van der Waals surface area contributed by atoms with Crippen LogP contribution in [0.3, 0.4) is 0 Å². The van der Waals surface area contributed by atoms with Crippen LogP contribution in [0.15, 0.2) is 0 Å². The van der Waals surface area contributed by atoms with Gasteiger partial charge in [-0.1, -0.05) is 13.8 Å². The van der Waals surface area contributed by atoms with Gasteiger partial charge in [-0.2, -0.15) is 0 Å². The van der Waals surface area contributed by atoms with Gasteiger partial charge >= 0.3 is 5.97 Å². The van der Waals surface area contributed by atoms with Crippen LogP contribution in [-0.2, 0) is 19.1 Å². The Balaban J connectivity index is 2.73. The van der Waals surface area contributed by atoms with Crippen molar-refractivity contribution in [3.63, 3.8) is 0 Å². The summed E-state index contributed by atoms with van der Waals surface area (Å²) in [4.78, 5) is 36.6. The predicted octanol–water partition coefficient (Wildman–Crippen LogP) is 0.703. The summed E-state index contributed by atoms with van der Waals surface area (Å²) in [5.41, 5.74) is 0.124. The number of nitrogens with zero attached hydrogens (tertiary/aromatic N) is 1. The van der Waals surface area contributed by atoms with Gasteiger partial charge in [0.2, 0.25) is 11.8 Å². The SMILES string of the molecule is COC(=O)C(CN1CCC(C)(C)CCC1=O)NC(C)=O. The van der Waals surface area contributed by atoms with Crippen molar-refractivity contribution in [2.75, 3.05) is 20.2 Å². The number of carbonyl (C=O) groups is 3. The fourth-order valence-electron chi connectivity index (χ4n) is 2.27. The molecule has 1 aliphatic heterocycles. The average molecular weight is 284 g/mol. The minimum atomic E-state index is -0.803. The van der Waals surface area contributed by atoms with Crippen LogP contribution in [0.25, 0.3) is 0 Å². The molecule has 1 unspecified atom stereocenters. The molecule has 1 saturated heterocycles. The van der Waals surface area contributed by atoms with E-state index in [0.29, 0.717) is 13.0 Å². The Kier molecular flexibility index (Phi) is 5.53. The highest BCUT2D eigenvalue weighted by molar-refractivity contribution is 5.84. The summed E-state index contributed by atoms with van der Waals surface area (Å²) in [6, 6.07) is -0.803. The fourth-order valence-corrected chi connectivity index (χ4v) is 2.27. The number of carbonyl (C=O) groups excluding carboxylic acids is 3. The lowest BCUT2D eigenvalue weighted by atomic mass is 9.85. The Bertz CT molecular complexity index is 393. The van der Waals surface area contributed by atoms with Crippen molar-refractivity contribution in [2.45, 2.75) is 46.1 Å². The first-order valence-corrected chi connectivity index (χ1v) is 6.88. The van der Waals surface area contributed by atoms with Crippen LogP contribution in [0.4, 0.5) is 0 Å². The zero-order valence-corrected chi connectivity index (χ0v) is 12.7. The van der Waals surface area contributed by atoms with Gasteiger partial charge in [0.15, 0.2) is 0 Å². The molecule has 0 aromatic heterocycles. The molecule has 20 heavy (non-hydrogen) atoms. The number of ether oxygens (including phenoxy) is 1. The van der Waals surface area contributed by atoms with Gasteiger partial charge in [0, 0.05) is 19.9 Å². The average Bonchev–Trinajstić information content (AvgIpc) is 2.49. The summed E-state index contributed by atoms with van der Waals surface area (Å²) in [6.45, 7) is 6.37. The van der Waals surface area contributed by atoms with Crippen LogP contribution in [-0.4, -0.2) is 48.9 Å². The van der Waals surface area contributed by atoms with Gasteiger partial charge in [0.1, 0.15) is 6.04 Å². The van der Waals surface area contributed by atoms with E-state index in [9.17, 15) is 14.4 Å².